The molecule has 0 spiro atoms. The Bertz CT molecular complexity index is 450. The number of ether oxygens (including phenoxy) is 1. The van der Waals surface area contributed by atoms with Gasteiger partial charge >= 0.3 is 0 Å². The van der Waals surface area contributed by atoms with E-state index in [0.29, 0.717) is 6.04 Å². The monoisotopic (exact) mass is 289 g/mol. The van der Waals surface area contributed by atoms with E-state index in [1.807, 2.05) is 0 Å². The molecule has 2 unspecified atom stereocenters. The van der Waals surface area contributed by atoms with Crippen LogP contribution < -0.4 is 5.32 Å². The number of nitrogens with one attached hydrogen (secondary N) is 1. The summed E-state index contributed by atoms with van der Waals surface area (Å²) in [6.45, 7) is 15.4. The Morgan fingerprint density at radius 2 is 1.62 bits per heavy atom. The average Bonchev–Trinajstić information content (AvgIpc) is 2.63. The molecule has 21 heavy (non-hydrogen) atoms. The second-order valence-electron chi connectivity index (χ2n) is 8.35. The zero-order chi connectivity index (χ0) is 15.7. The van der Waals surface area contributed by atoms with Crippen LogP contribution in [-0.2, 0) is 10.2 Å². The molecule has 0 bridgehead atoms. The molecule has 1 aliphatic heterocycles. The summed E-state index contributed by atoms with van der Waals surface area (Å²) < 4.78 is 6.08. The van der Waals surface area contributed by atoms with Crippen LogP contribution in [0, 0.1) is 5.41 Å². The van der Waals surface area contributed by atoms with Crippen molar-refractivity contribution in [3.05, 3.63) is 35.4 Å². The molecule has 2 nitrogen and oxygen atoms in total. The number of rotatable bonds is 1. The lowest BCUT2D eigenvalue weighted by Crippen LogP contribution is -2.40. The molecule has 1 saturated heterocycles. The van der Waals surface area contributed by atoms with Crippen molar-refractivity contribution >= 4 is 0 Å². The van der Waals surface area contributed by atoms with Gasteiger partial charge < -0.3 is 10.1 Å². The largest absolute Gasteiger partial charge is 0.372 e. The Hall–Kier alpha value is -0.860. The maximum atomic E-state index is 6.08. The highest BCUT2D eigenvalue weighted by Crippen LogP contribution is 2.28. The van der Waals surface area contributed by atoms with Gasteiger partial charge in [-0.1, -0.05) is 65.8 Å². The van der Waals surface area contributed by atoms with Gasteiger partial charge in [0.1, 0.15) is 0 Å². The Labute approximate surface area is 130 Å². The number of benzene rings is 1. The van der Waals surface area contributed by atoms with Crippen LogP contribution in [0.5, 0.6) is 0 Å². The quantitative estimate of drug-likeness (QED) is 0.824. The fourth-order valence-electron chi connectivity index (χ4n) is 2.89. The first kappa shape index (κ1) is 16.5. The van der Waals surface area contributed by atoms with Crippen LogP contribution in [0.25, 0.3) is 0 Å². The van der Waals surface area contributed by atoms with E-state index in [1.54, 1.807) is 0 Å². The van der Waals surface area contributed by atoms with Gasteiger partial charge in [0.15, 0.2) is 0 Å². The molecule has 1 N–H and O–H groups in total. The van der Waals surface area contributed by atoms with E-state index < -0.39 is 0 Å². The van der Waals surface area contributed by atoms with Gasteiger partial charge in [0.05, 0.1) is 6.10 Å². The van der Waals surface area contributed by atoms with Crippen LogP contribution in [0.3, 0.4) is 0 Å². The van der Waals surface area contributed by atoms with Crippen LogP contribution in [0.2, 0.25) is 0 Å². The van der Waals surface area contributed by atoms with Gasteiger partial charge in [-0.15, -0.1) is 0 Å². The molecule has 0 saturated carbocycles. The first-order chi connectivity index (χ1) is 9.68. The van der Waals surface area contributed by atoms with Crippen molar-refractivity contribution in [2.75, 3.05) is 13.2 Å². The predicted octanol–water partition coefficient (Wildman–Crippen LogP) is 4.45. The molecular formula is C19H31NO. The molecule has 0 amide bonds. The highest BCUT2D eigenvalue weighted by molar-refractivity contribution is 5.29. The van der Waals surface area contributed by atoms with Gasteiger partial charge in [0, 0.05) is 19.2 Å². The third kappa shape index (κ3) is 4.31. The normalized spacial score (nSPS) is 24.7. The Morgan fingerprint density at radius 1 is 1.00 bits per heavy atom. The summed E-state index contributed by atoms with van der Waals surface area (Å²) in [6, 6.07) is 9.46. The average molecular weight is 289 g/mol. The third-order valence-electron chi connectivity index (χ3n) is 4.47. The lowest BCUT2D eigenvalue weighted by atomic mass is 9.85. The maximum Gasteiger partial charge on any atom is 0.0949 e. The minimum atomic E-state index is 0.173. The van der Waals surface area contributed by atoms with Crippen molar-refractivity contribution in [1.29, 1.82) is 0 Å². The standard InChI is InChI=1S/C19H31NO/c1-18(2,3)15-9-7-14(8-10-15)16-13-20-17(11-12-21-16)19(4,5)6/h7-10,16-17,20H,11-13H2,1-6H3. The second kappa shape index (κ2) is 6.10. The second-order valence-corrected chi connectivity index (χ2v) is 8.35. The predicted molar refractivity (Wildman–Crippen MR) is 89.7 cm³/mol. The molecule has 1 aliphatic rings. The van der Waals surface area contributed by atoms with Crippen LogP contribution in [0.4, 0.5) is 0 Å². The molecule has 2 atom stereocenters. The summed E-state index contributed by atoms with van der Waals surface area (Å²) in [5.74, 6) is 0. The molecule has 1 aromatic carbocycles. The molecular weight excluding hydrogens is 258 g/mol. The molecule has 0 aliphatic carbocycles. The summed E-state index contributed by atoms with van der Waals surface area (Å²) in [4.78, 5) is 0. The summed E-state index contributed by atoms with van der Waals surface area (Å²) in [6.07, 6.45) is 1.26. The van der Waals surface area contributed by atoms with Gasteiger partial charge in [-0.25, -0.2) is 0 Å². The molecule has 1 heterocycles. The topological polar surface area (TPSA) is 21.3 Å². The van der Waals surface area contributed by atoms with E-state index in [-0.39, 0.29) is 16.9 Å². The van der Waals surface area contributed by atoms with Crippen molar-refractivity contribution in [1.82, 2.24) is 5.32 Å². The van der Waals surface area contributed by atoms with Gasteiger partial charge in [-0.2, -0.15) is 0 Å². The highest BCUT2D eigenvalue weighted by Gasteiger charge is 2.28. The van der Waals surface area contributed by atoms with E-state index >= 15 is 0 Å². The van der Waals surface area contributed by atoms with E-state index in [4.69, 9.17) is 4.74 Å². The molecule has 0 radical (unpaired) electrons. The van der Waals surface area contributed by atoms with Gasteiger partial charge in [0.2, 0.25) is 0 Å². The van der Waals surface area contributed by atoms with Crippen molar-refractivity contribution in [3.8, 4) is 0 Å². The van der Waals surface area contributed by atoms with Gasteiger partial charge in [-0.05, 0) is 28.4 Å². The molecule has 1 fully saturated rings. The zero-order valence-electron chi connectivity index (χ0n) is 14.5. The first-order valence-electron chi connectivity index (χ1n) is 8.13. The van der Waals surface area contributed by atoms with Gasteiger partial charge in [0.25, 0.3) is 0 Å². The minimum Gasteiger partial charge on any atom is -0.372 e. The lowest BCUT2D eigenvalue weighted by molar-refractivity contribution is 0.0653. The zero-order valence-corrected chi connectivity index (χ0v) is 14.5. The van der Waals surface area contributed by atoms with Crippen molar-refractivity contribution < 1.29 is 4.74 Å². The van der Waals surface area contributed by atoms with Crippen molar-refractivity contribution in [3.63, 3.8) is 0 Å². The molecule has 2 heteroatoms. The molecule has 0 aromatic heterocycles. The minimum absolute atomic E-state index is 0.173. The van der Waals surface area contributed by atoms with Crippen LogP contribution >= 0.6 is 0 Å². The van der Waals surface area contributed by atoms with E-state index in [1.165, 1.54) is 11.1 Å². The summed E-state index contributed by atoms with van der Waals surface area (Å²) >= 11 is 0. The maximum absolute atomic E-state index is 6.08. The van der Waals surface area contributed by atoms with Gasteiger partial charge in [-0.3, -0.25) is 0 Å². The SMILES string of the molecule is CC(C)(C)c1ccc(C2CNC(C(C)(C)C)CCO2)cc1. The van der Waals surface area contributed by atoms with E-state index in [2.05, 4.69) is 71.1 Å². The third-order valence-corrected chi connectivity index (χ3v) is 4.47. The van der Waals surface area contributed by atoms with Crippen molar-refractivity contribution in [2.45, 2.75) is 65.5 Å². The molecule has 1 aromatic rings. The number of hydrogen-bond acceptors (Lipinski definition) is 2. The van der Waals surface area contributed by atoms with E-state index in [0.717, 1.165) is 19.6 Å². The molecule has 118 valence electrons. The smallest absolute Gasteiger partial charge is 0.0949 e. The lowest BCUT2D eigenvalue weighted by Gasteiger charge is -2.30. The van der Waals surface area contributed by atoms with Crippen LogP contribution in [0.15, 0.2) is 24.3 Å². The number of hydrogen-bond donors (Lipinski definition) is 1. The van der Waals surface area contributed by atoms with Crippen LogP contribution in [0.1, 0.15) is 65.2 Å². The Balaban J connectivity index is 2.06. The van der Waals surface area contributed by atoms with Crippen LogP contribution in [-0.4, -0.2) is 19.2 Å². The first-order valence-corrected chi connectivity index (χ1v) is 8.13. The molecule has 2 rings (SSSR count). The fourth-order valence-corrected chi connectivity index (χ4v) is 2.89. The summed E-state index contributed by atoms with van der Waals surface area (Å²) in [5, 5.41) is 3.69. The van der Waals surface area contributed by atoms with E-state index in [9.17, 15) is 0 Å². The summed E-state index contributed by atoms with van der Waals surface area (Å²) in [5.41, 5.74) is 3.15. The fraction of sp³-hybridized carbons (Fsp3) is 0.684. The highest BCUT2D eigenvalue weighted by atomic mass is 16.5. The Morgan fingerprint density at radius 3 is 2.14 bits per heavy atom. The Kier molecular flexibility index (Phi) is 4.79. The van der Waals surface area contributed by atoms with Crippen molar-refractivity contribution in [2.24, 2.45) is 5.41 Å². The summed E-state index contributed by atoms with van der Waals surface area (Å²) in [7, 11) is 0.